The quantitative estimate of drug-likeness (QED) is 0.865. The summed E-state index contributed by atoms with van der Waals surface area (Å²) in [6.07, 6.45) is 0. The second-order valence-electron chi connectivity index (χ2n) is 5.83. The Morgan fingerprint density at radius 1 is 1.37 bits per heavy atom. The van der Waals surface area contributed by atoms with Gasteiger partial charge in [0.1, 0.15) is 11.5 Å². The van der Waals surface area contributed by atoms with E-state index in [0.29, 0.717) is 6.04 Å². The fraction of sp³-hybridized carbons (Fsp3) is 0.500. The molecule has 0 aliphatic carbocycles. The summed E-state index contributed by atoms with van der Waals surface area (Å²) in [5, 5.41) is 5.77. The summed E-state index contributed by atoms with van der Waals surface area (Å²) in [5.74, 6) is 2.00. The molecule has 0 radical (unpaired) electrons. The average Bonchev–Trinajstić information content (AvgIpc) is 2.96. The summed E-state index contributed by atoms with van der Waals surface area (Å²) in [4.78, 5) is 1.42. The molecule has 2 nitrogen and oxygen atoms in total. The molecule has 0 amide bonds. The summed E-state index contributed by atoms with van der Waals surface area (Å²) in [7, 11) is 0. The Morgan fingerprint density at radius 3 is 2.63 bits per heavy atom. The summed E-state index contributed by atoms with van der Waals surface area (Å²) < 4.78 is 5.60. The van der Waals surface area contributed by atoms with E-state index in [4.69, 9.17) is 4.42 Å². The van der Waals surface area contributed by atoms with E-state index < -0.39 is 0 Å². The zero-order valence-electron chi connectivity index (χ0n) is 12.4. The molecule has 2 aromatic rings. The Bertz CT molecular complexity index is 525. The summed E-state index contributed by atoms with van der Waals surface area (Å²) in [6.45, 7) is 11.8. The van der Waals surface area contributed by atoms with Gasteiger partial charge >= 0.3 is 0 Å². The first-order valence-electron chi connectivity index (χ1n) is 6.74. The van der Waals surface area contributed by atoms with E-state index in [9.17, 15) is 0 Å². The third-order valence-electron chi connectivity index (χ3n) is 3.58. The number of hydrogen-bond acceptors (Lipinski definition) is 3. The zero-order chi connectivity index (χ0) is 14.0. The molecule has 0 fully saturated rings. The number of nitrogens with one attached hydrogen (secondary N) is 1. The van der Waals surface area contributed by atoms with Gasteiger partial charge in [0, 0.05) is 28.4 Å². The SMILES string of the molecule is Cc1cc(C(C)NCC(C)(C)c2cccs2)c(C)o1. The highest BCUT2D eigenvalue weighted by molar-refractivity contribution is 7.10. The molecular formula is C16H23NOS. The molecule has 0 bridgehead atoms. The lowest BCUT2D eigenvalue weighted by Gasteiger charge is -2.26. The highest BCUT2D eigenvalue weighted by atomic mass is 32.1. The highest BCUT2D eigenvalue weighted by Crippen LogP contribution is 2.28. The molecular weight excluding hydrogens is 254 g/mol. The molecule has 19 heavy (non-hydrogen) atoms. The fourth-order valence-corrected chi connectivity index (χ4v) is 3.20. The van der Waals surface area contributed by atoms with Gasteiger partial charge in [-0.3, -0.25) is 0 Å². The minimum Gasteiger partial charge on any atom is -0.466 e. The predicted molar refractivity (Wildman–Crippen MR) is 81.9 cm³/mol. The van der Waals surface area contributed by atoms with Crippen molar-refractivity contribution < 1.29 is 4.42 Å². The molecule has 1 N–H and O–H groups in total. The van der Waals surface area contributed by atoms with Crippen LogP contribution >= 0.6 is 11.3 Å². The van der Waals surface area contributed by atoms with Crippen LogP contribution in [0.3, 0.4) is 0 Å². The van der Waals surface area contributed by atoms with Crippen LogP contribution in [0.15, 0.2) is 28.0 Å². The van der Waals surface area contributed by atoms with Crippen LogP contribution in [-0.2, 0) is 5.41 Å². The van der Waals surface area contributed by atoms with Crippen LogP contribution in [0.4, 0.5) is 0 Å². The maximum atomic E-state index is 5.60. The van der Waals surface area contributed by atoms with Gasteiger partial charge in [0.2, 0.25) is 0 Å². The third kappa shape index (κ3) is 3.28. The van der Waals surface area contributed by atoms with Crippen LogP contribution < -0.4 is 5.32 Å². The van der Waals surface area contributed by atoms with Crippen molar-refractivity contribution in [2.45, 2.75) is 46.1 Å². The normalized spacial score (nSPS) is 13.7. The van der Waals surface area contributed by atoms with Gasteiger partial charge in [-0.05, 0) is 38.3 Å². The van der Waals surface area contributed by atoms with E-state index in [1.54, 1.807) is 0 Å². The Hall–Kier alpha value is -1.06. The van der Waals surface area contributed by atoms with Crippen molar-refractivity contribution in [2.75, 3.05) is 6.54 Å². The number of furan rings is 1. The Balaban J connectivity index is 2.01. The van der Waals surface area contributed by atoms with Crippen LogP contribution in [0.2, 0.25) is 0 Å². The van der Waals surface area contributed by atoms with Gasteiger partial charge in [-0.15, -0.1) is 11.3 Å². The standard InChI is InChI=1S/C16H23NOS/c1-11-9-14(13(3)18-11)12(2)17-10-16(4,5)15-7-6-8-19-15/h6-9,12,17H,10H2,1-5H3. The molecule has 2 rings (SSSR count). The lowest BCUT2D eigenvalue weighted by Crippen LogP contribution is -2.33. The van der Waals surface area contributed by atoms with Gasteiger partial charge in [-0.2, -0.15) is 0 Å². The van der Waals surface area contributed by atoms with Crippen LogP contribution in [0.1, 0.15) is 48.8 Å². The van der Waals surface area contributed by atoms with E-state index in [2.05, 4.69) is 49.7 Å². The van der Waals surface area contributed by atoms with Gasteiger partial charge in [0.05, 0.1) is 0 Å². The van der Waals surface area contributed by atoms with Crippen LogP contribution in [-0.4, -0.2) is 6.54 Å². The first kappa shape index (κ1) is 14.4. The van der Waals surface area contributed by atoms with Crippen molar-refractivity contribution >= 4 is 11.3 Å². The number of aryl methyl sites for hydroxylation is 2. The van der Waals surface area contributed by atoms with Gasteiger partial charge in [0.25, 0.3) is 0 Å². The number of thiophene rings is 1. The summed E-state index contributed by atoms with van der Waals surface area (Å²) in [6, 6.07) is 6.78. The molecule has 0 aliphatic rings. The Kier molecular flexibility index (Phi) is 4.16. The largest absolute Gasteiger partial charge is 0.466 e. The Labute approximate surface area is 119 Å². The molecule has 0 saturated carbocycles. The lowest BCUT2D eigenvalue weighted by atomic mass is 9.91. The van der Waals surface area contributed by atoms with E-state index in [-0.39, 0.29) is 5.41 Å². The molecule has 104 valence electrons. The van der Waals surface area contributed by atoms with E-state index in [0.717, 1.165) is 18.1 Å². The zero-order valence-corrected chi connectivity index (χ0v) is 13.2. The van der Waals surface area contributed by atoms with Crippen molar-refractivity contribution in [1.29, 1.82) is 0 Å². The third-order valence-corrected chi connectivity index (χ3v) is 4.82. The number of rotatable bonds is 5. The van der Waals surface area contributed by atoms with Gasteiger partial charge in [-0.25, -0.2) is 0 Å². The van der Waals surface area contributed by atoms with E-state index in [1.807, 2.05) is 25.2 Å². The minimum absolute atomic E-state index is 0.162. The maximum absolute atomic E-state index is 5.60. The second-order valence-corrected chi connectivity index (χ2v) is 6.78. The van der Waals surface area contributed by atoms with Crippen LogP contribution in [0.25, 0.3) is 0 Å². The molecule has 0 saturated heterocycles. The van der Waals surface area contributed by atoms with Crippen molar-refractivity contribution in [3.63, 3.8) is 0 Å². The highest BCUT2D eigenvalue weighted by Gasteiger charge is 2.23. The Morgan fingerprint density at radius 2 is 2.11 bits per heavy atom. The number of hydrogen-bond donors (Lipinski definition) is 1. The summed E-state index contributed by atoms with van der Waals surface area (Å²) >= 11 is 1.83. The van der Waals surface area contributed by atoms with E-state index >= 15 is 0 Å². The monoisotopic (exact) mass is 277 g/mol. The molecule has 1 unspecified atom stereocenters. The van der Waals surface area contributed by atoms with Crippen LogP contribution in [0, 0.1) is 13.8 Å². The van der Waals surface area contributed by atoms with Gasteiger partial charge in [-0.1, -0.05) is 19.9 Å². The first-order valence-corrected chi connectivity index (χ1v) is 7.62. The topological polar surface area (TPSA) is 25.2 Å². The maximum Gasteiger partial charge on any atom is 0.105 e. The van der Waals surface area contributed by atoms with Gasteiger partial charge in [0.15, 0.2) is 0 Å². The van der Waals surface area contributed by atoms with Crippen LogP contribution in [0.5, 0.6) is 0 Å². The second kappa shape index (κ2) is 5.51. The minimum atomic E-state index is 0.162. The molecule has 2 aromatic heterocycles. The smallest absolute Gasteiger partial charge is 0.105 e. The van der Waals surface area contributed by atoms with Crippen molar-refractivity contribution in [3.05, 3.63) is 45.5 Å². The average molecular weight is 277 g/mol. The molecule has 0 aliphatic heterocycles. The van der Waals surface area contributed by atoms with E-state index in [1.165, 1.54) is 10.4 Å². The lowest BCUT2D eigenvalue weighted by molar-refractivity contribution is 0.434. The molecule has 1 atom stereocenters. The fourth-order valence-electron chi connectivity index (χ4n) is 2.35. The van der Waals surface area contributed by atoms with Crippen molar-refractivity contribution in [1.82, 2.24) is 5.32 Å². The molecule has 2 heterocycles. The van der Waals surface area contributed by atoms with Gasteiger partial charge < -0.3 is 9.73 Å². The molecule has 3 heteroatoms. The predicted octanol–water partition coefficient (Wildman–Crippen LogP) is 4.59. The summed E-state index contributed by atoms with van der Waals surface area (Å²) in [5.41, 5.74) is 1.43. The molecule has 0 aromatic carbocycles. The van der Waals surface area contributed by atoms with Crippen molar-refractivity contribution in [2.24, 2.45) is 0 Å². The molecule has 0 spiro atoms. The van der Waals surface area contributed by atoms with Crippen molar-refractivity contribution in [3.8, 4) is 0 Å². The first-order chi connectivity index (χ1) is 8.90.